The monoisotopic (exact) mass is 262 g/mol. The molecule has 0 saturated carbocycles. The first-order chi connectivity index (χ1) is 9.19. The van der Waals surface area contributed by atoms with E-state index in [1.165, 1.54) is 7.11 Å². The molecular weight excluding hydrogens is 244 g/mol. The Hall–Kier alpha value is -2.01. The minimum atomic E-state index is -0.342. The zero-order valence-corrected chi connectivity index (χ0v) is 11.3. The summed E-state index contributed by atoms with van der Waals surface area (Å²) in [5.74, 6) is 0.546. The third-order valence-corrected chi connectivity index (χ3v) is 3.23. The average molecular weight is 262 g/mol. The van der Waals surface area contributed by atoms with Gasteiger partial charge in [-0.1, -0.05) is 0 Å². The smallest absolute Gasteiger partial charge is 0.323 e. The van der Waals surface area contributed by atoms with Crippen molar-refractivity contribution in [3.8, 4) is 5.75 Å². The maximum absolute atomic E-state index is 11.6. The van der Waals surface area contributed by atoms with Crippen LogP contribution in [0.15, 0.2) is 24.4 Å². The Bertz CT molecular complexity index is 577. The first-order valence-electron chi connectivity index (χ1n) is 6.08. The van der Waals surface area contributed by atoms with Crippen LogP contribution in [0.4, 0.5) is 0 Å². The second-order valence-corrected chi connectivity index (χ2v) is 4.29. The van der Waals surface area contributed by atoms with Gasteiger partial charge in [-0.15, -0.1) is 0 Å². The van der Waals surface area contributed by atoms with E-state index in [0.717, 1.165) is 22.2 Å². The molecule has 0 aliphatic rings. The van der Waals surface area contributed by atoms with Crippen molar-refractivity contribution in [2.24, 2.45) is 0 Å². The van der Waals surface area contributed by atoms with Gasteiger partial charge >= 0.3 is 5.97 Å². The van der Waals surface area contributed by atoms with Gasteiger partial charge in [0.1, 0.15) is 11.8 Å². The van der Waals surface area contributed by atoms with Gasteiger partial charge in [0.25, 0.3) is 0 Å². The van der Waals surface area contributed by atoms with Gasteiger partial charge in [-0.05, 0) is 24.7 Å². The lowest BCUT2D eigenvalue weighted by atomic mass is 10.1. The maximum atomic E-state index is 11.6. The summed E-state index contributed by atoms with van der Waals surface area (Å²) in [5.41, 5.74) is 2.07. The summed E-state index contributed by atoms with van der Waals surface area (Å²) in [7, 11) is 4.78. The van der Waals surface area contributed by atoms with Crippen molar-refractivity contribution in [1.82, 2.24) is 10.3 Å². The lowest BCUT2D eigenvalue weighted by molar-refractivity contribution is -0.142. The summed E-state index contributed by atoms with van der Waals surface area (Å²) in [4.78, 5) is 14.8. The average Bonchev–Trinajstić information content (AvgIpc) is 2.85. The molecule has 2 aromatic rings. The summed E-state index contributed by atoms with van der Waals surface area (Å²) in [6.45, 7) is 0. The highest BCUT2D eigenvalue weighted by atomic mass is 16.5. The Morgan fingerprint density at radius 1 is 1.42 bits per heavy atom. The fraction of sp³-hybridized carbons (Fsp3) is 0.357. The predicted molar refractivity (Wildman–Crippen MR) is 73.4 cm³/mol. The van der Waals surface area contributed by atoms with Gasteiger partial charge in [0.15, 0.2) is 0 Å². The van der Waals surface area contributed by atoms with Gasteiger partial charge in [-0.2, -0.15) is 0 Å². The van der Waals surface area contributed by atoms with Crippen molar-refractivity contribution in [3.05, 3.63) is 30.0 Å². The number of aromatic nitrogens is 1. The Morgan fingerprint density at radius 3 is 2.84 bits per heavy atom. The van der Waals surface area contributed by atoms with Crippen LogP contribution in [-0.4, -0.2) is 38.3 Å². The number of likely N-dealkylation sites (N-methyl/N-ethyl adjacent to an activating group) is 1. The molecule has 102 valence electrons. The fourth-order valence-corrected chi connectivity index (χ4v) is 2.13. The van der Waals surface area contributed by atoms with E-state index in [9.17, 15) is 4.79 Å². The van der Waals surface area contributed by atoms with Crippen molar-refractivity contribution >= 4 is 16.9 Å². The maximum Gasteiger partial charge on any atom is 0.323 e. The van der Waals surface area contributed by atoms with E-state index in [0.29, 0.717) is 6.42 Å². The summed E-state index contributed by atoms with van der Waals surface area (Å²) in [6, 6.07) is 5.49. The molecule has 0 spiro atoms. The standard InChI is InChI=1S/C14H18N2O3/c1-15-13(14(17)19-3)6-9-8-16-12-7-10(18-2)4-5-11(9)12/h4-5,7-8,13,15-16H,6H2,1-3H3. The molecule has 0 radical (unpaired) electrons. The molecular formula is C14H18N2O3. The molecule has 0 aliphatic heterocycles. The van der Waals surface area contributed by atoms with Crippen LogP contribution in [0.2, 0.25) is 0 Å². The Balaban J connectivity index is 2.28. The van der Waals surface area contributed by atoms with Crippen LogP contribution < -0.4 is 10.1 Å². The van der Waals surface area contributed by atoms with Gasteiger partial charge in [-0.25, -0.2) is 0 Å². The number of hydrogen-bond donors (Lipinski definition) is 2. The van der Waals surface area contributed by atoms with Crippen molar-refractivity contribution in [2.45, 2.75) is 12.5 Å². The second kappa shape index (κ2) is 5.75. The molecule has 5 nitrogen and oxygen atoms in total. The number of H-pyrrole nitrogens is 1. The quantitative estimate of drug-likeness (QED) is 0.801. The van der Waals surface area contributed by atoms with Crippen LogP contribution >= 0.6 is 0 Å². The minimum absolute atomic E-state index is 0.259. The molecule has 1 unspecified atom stereocenters. The van der Waals surface area contributed by atoms with E-state index >= 15 is 0 Å². The number of esters is 1. The molecule has 1 heterocycles. The topological polar surface area (TPSA) is 63.3 Å². The number of aromatic amines is 1. The number of hydrogen-bond acceptors (Lipinski definition) is 4. The normalized spacial score (nSPS) is 12.4. The second-order valence-electron chi connectivity index (χ2n) is 4.29. The molecule has 1 aromatic heterocycles. The van der Waals surface area contributed by atoms with E-state index in [4.69, 9.17) is 9.47 Å². The van der Waals surface area contributed by atoms with Crippen LogP contribution in [0.5, 0.6) is 5.75 Å². The van der Waals surface area contributed by atoms with Crippen molar-refractivity contribution in [3.63, 3.8) is 0 Å². The largest absolute Gasteiger partial charge is 0.497 e. The fourth-order valence-electron chi connectivity index (χ4n) is 2.13. The SMILES string of the molecule is CNC(Cc1c[nH]c2cc(OC)ccc12)C(=O)OC. The first kappa shape index (κ1) is 13.4. The minimum Gasteiger partial charge on any atom is -0.497 e. The van der Waals surface area contributed by atoms with E-state index in [1.807, 2.05) is 24.4 Å². The van der Waals surface area contributed by atoms with Crippen LogP contribution in [-0.2, 0) is 16.0 Å². The Kier molecular flexibility index (Phi) is 4.06. The first-order valence-corrected chi connectivity index (χ1v) is 6.08. The van der Waals surface area contributed by atoms with E-state index in [2.05, 4.69) is 10.3 Å². The molecule has 19 heavy (non-hydrogen) atoms. The third-order valence-electron chi connectivity index (χ3n) is 3.23. The number of rotatable bonds is 5. The Labute approximate surface area is 111 Å². The van der Waals surface area contributed by atoms with Crippen LogP contribution in [0.25, 0.3) is 10.9 Å². The molecule has 1 aromatic carbocycles. The van der Waals surface area contributed by atoms with Gasteiger partial charge in [0, 0.05) is 29.6 Å². The van der Waals surface area contributed by atoms with Crippen molar-refractivity contribution in [2.75, 3.05) is 21.3 Å². The zero-order chi connectivity index (χ0) is 13.8. The molecule has 0 bridgehead atoms. The van der Waals surface area contributed by atoms with E-state index in [1.54, 1.807) is 14.2 Å². The highest BCUT2D eigenvalue weighted by molar-refractivity contribution is 5.85. The number of carbonyl (C=O) groups is 1. The van der Waals surface area contributed by atoms with Gasteiger partial charge < -0.3 is 19.8 Å². The molecule has 1 atom stereocenters. The van der Waals surface area contributed by atoms with Gasteiger partial charge in [-0.3, -0.25) is 4.79 Å². The van der Waals surface area contributed by atoms with Crippen molar-refractivity contribution < 1.29 is 14.3 Å². The Morgan fingerprint density at radius 2 is 2.21 bits per heavy atom. The van der Waals surface area contributed by atoms with E-state index in [-0.39, 0.29) is 12.0 Å². The lowest BCUT2D eigenvalue weighted by Crippen LogP contribution is -2.36. The molecule has 2 N–H and O–H groups in total. The van der Waals surface area contributed by atoms with Crippen LogP contribution in [0.1, 0.15) is 5.56 Å². The highest BCUT2D eigenvalue weighted by Crippen LogP contribution is 2.24. The highest BCUT2D eigenvalue weighted by Gasteiger charge is 2.19. The molecule has 0 fully saturated rings. The van der Waals surface area contributed by atoms with Gasteiger partial charge in [0.2, 0.25) is 0 Å². The lowest BCUT2D eigenvalue weighted by Gasteiger charge is -2.12. The summed E-state index contributed by atoms with van der Waals surface area (Å²) >= 11 is 0. The number of carbonyl (C=O) groups excluding carboxylic acids is 1. The number of methoxy groups -OCH3 is 2. The molecule has 0 saturated heterocycles. The van der Waals surface area contributed by atoms with Gasteiger partial charge in [0.05, 0.1) is 14.2 Å². The summed E-state index contributed by atoms with van der Waals surface area (Å²) in [5, 5.41) is 4.05. The summed E-state index contributed by atoms with van der Waals surface area (Å²) in [6.07, 6.45) is 2.49. The third kappa shape index (κ3) is 2.71. The van der Waals surface area contributed by atoms with Crippen LogP contribution in [0.3, 0.4) is 0 Å². The number of benzene rings is 1. The predicted octanol–water partition coefficient (Wildman–Crippen LogP) is 1.48. The number of fused-ring (bicyclic) bond motifs is 1. The number of nitrogens with one attached hydrogen (secondary N) is 2. The molecule has 2 rings (SSSR count). The summed E-state index contributed by atoms with van der Waals surface area (Å²) < 4.78 is 9.95. The van der Waals surface area contributed by atoms with E-state index < -0.39 is 0 Å². The zero-order valence-electron chi connectivity index (χ0n) is 11.3. The molecule has 5 heteroatoms. The molecule has 0 aliphatic carbocycles. The number of ether oxygens (including phenoxy) is 2. The van der Waals surface area contributed by atoms with Crippen molar-refractivity contribution in [1.29, 1.82) is 0 Å². The molecule has 0 amide bonds. The van der Waals surface area contributed by atoms with Crippen LogP contribution in [0, 0.1) is 0 Å².